The van der Waals surface area contributed by atoms with E-state index in [0.29, 0.717) is 31.0 Å². The molecule has 0 aliphatic carbocycles. The summed E-state index contributed by atoms with van der Waals surface area (Å²) in [5.74, 6) is 0.453. The fourth-order valence-electron chi connectivity index (χ4n) is 4.23. The summed E-state index contributed by atoms with van der Waals surface area (Å²) >= 11 is 0. The number of aldehydes is 1. The average molecular weight is 515 g/mol. The molecule has 0 spiro atoms. The van der Waals surface area contributed by atoms with E-state index >= 15 is 0 Å². The zero-order valence-electron chi connectivity index (χ0n) is 21.8. The number of likely N-dealkylation sites (N-methyl/N-ethyl adjacent to an activating group) is 2. The predicted molar refractivity (Wildman–Crippen MR) is 148 cm³/mol. The highest BCUT2D eigenvalue weighted by atomic mass is 16.5. The third kappa shape index (κ3) is 7.33. The number of carbonyl (C=O) groups is 2. The van der Waals surface area contributed by atoms with Crippen molar-refractivity contribution in [1.82, 2.24) is 20.5 Å². The summed E-state index contributed by atoms with van der Waals surface area (Å²) in [4.78, 5) is 29.7. The molecular weight excluding hydrogens is 480 g/mol. The molecule has 2 aromatic carbocycles. The molecule has 0 bridgehead atoms. The molecule has 3 N–H and O–H groups in total. The molecule has 0 saturated heterocycles. The van der Waals surface area contributed by atoms with Crippen LogP contribution >= 0.6 is 0 Å². The van der Waals surface area contributed by atoms with E-state index in [1.807, 2.05) is 60.5 Å². The van der Waals surface area contributed by atoms with Gasteiger partial charge in [0.2, 0.25) is 5.91 Å². The first-order valence-corrected chi connectivity index (χ1v) is 12.4. The molecule has 1 unspecified atom stereocenters. The van der Waals surface area contributed by atoms with Crippen molar-refractivity contribution in [3.05, 3.63) is 89.9 Å². The van der Waals surface area contributed by atoms with Gasteiger partial charge in [0, 0.05) is 49.9 Å². The monoisotopic (exact) mass is 514 g/mol. The summed E-state index contributed by atoms with van der Waals surface area (Å²) in [5.41, 5.74) is 11.8. The standard InChI is InChI=1S/C29H34N6O3/c1-4-21-9-7-13-28(25(21)19-35(3)27(12-8-16-36)29(37)31-2)38-20-23(34-30)18-32-17-22-14-15-33-26-11-6-5-10-24(22)26/h4-7,9-11,13-16,18,27,30,32H,1,8,12,17,19-20H2,2-3H3,(H,31,37)/b23-18-,34-30?. The van der Waals surface area contributed by atoms with Crippen LogP contribution in [0, 0.1) is 5.53 Å². The summed E-state index contributed by atoms with van der Waals surface area (Å²) < 4.78 is 6.09. The Morgan fingerprint density at radius 1 is 1.24 bits per heavy atom. The van der Waals surface area contributed by atoms with Crippen LogP contribution < -0.4 is 15.4 Å². The van der Waals surface area contributed by atoms with Gasteiger partial charge in [0.05, 0.1) is 11.6 Å². The lowest BCUT2D eigenvalue weighted by atomic mass is 10.0. The van der Waals surface area contributed by atoms with Gasteiger partial charge in [-0.1, -0.05) is 43.0 Å². The molecule has 1 aromatic heterocycles. The van der Waals surface area contributed by atoms with Gasteiger partial charge in [-0.25, -0.2) is 5.53 Å². The molecule has 9 heteroatoms. The van der Waals surface area contributed by atoms with Gasteiger partial charge in [-0.3, -0.25) is 14.7 Å². The van der Waals surface area contributed by atoms with Crippen molar-refractivity contribution in [2.75, 3.05) is 20.7 Å². The highest BCUT2D eigenvalue weighted by Crippen LogP contribution is 2.27. The Hall–Kier alpha value is -4.37. The van der Waals surface area contributed by atoms with E-state index in [9.17, 15) is 9.59 Å². The highest BCUT2D eigenvalue weighted by Gasteiger charge is 2.23. The molecule has 9 nitrogen and oxygen atoms in total. The second-order valence-electron chi connectivity index (χ2n) is 8.72. The molecular formula is C29H34N6O3. The van der Waals surface area contributed by atoms with E-state index in [0.717, 1.165) is 33.9 Å². The first-order valence-electron chi connectivity index (χ1n) is 12.4. The lowest BCUT2D eigenvalue weighted by Gasteiger charge is -2.27. The van der Waals surface area contributed by atoms with E-state index < -0.39 is 6.04 Å². The van der Waals surface area contributed by atoms with Crippen molar-refractivity contribution < 1.29 is 14.3 Å². The van der Waals surface area contributed by atoms with Crippen LogP contribution in [0.15, 0.2) is 78.3 Å². The van der Waals surface area contributed by atoms with Gasteiger partial charge in [-0.15, -0.1) is 0 Å². The van der Waals surface area contributed by atoms with Gasteiger partial charge in [0.25, 0.3) is 0 Å². The molecule has 1 heterocycles. The molecule has 38 heavy (non-hydrogen) atoms. The average Bonchev–Trinajstić information content (AvgIpc) is 2.95. The third-order valence-electron chi connectivity index (χ3n) is 6.26. The first kappa shape index (κ1) is 28.2. The van der Waals surface area contributed by atoms with Gasteiger partial charge in [0.15, 0.2) is 0 Å². The van der Waals surface area contributed by atoms with Crippen LogP contribution in [0.3, 0.4) is 0 Å². The quantitative estimate of drug-likeness (QED) is 0.204. The number of fused-ring (bicyclic) bond motifs is 1. The van der Waals surface area contributed by atoms with Gasteiger partial charge >= 0.3 is 0 Å². The maximum Gasteiger partial charge on any atom is 0.237 e. The molecule has 0 fully saturated rings. The number of nitrogens with zero attached hydrogens (tertiary/aromatic N) is 3. The summed E-state index contributed by atoms with van der Waals surface area (Å²) in [6, 6.07) is 15.1. The Bertz CT molecular complexity index is 1300. The molecule has 1 amide bonds. The van der Waals surface area contributed by atoms with E-state index in [1.54, 1.807) is 25.5 Å². The Morgan fingerprint density at radius 2 is 2.05 bits per heavy atom. The van der Waals surface area contributed by atoms with Crippen LogP contribution in [-0.4, -0.2) is 48.8 Å². The Morgan fingerprint density at radius 3 is 2.79 bits per heavy atom. The van der Waals surface area contributed by atoms with Gasteiger partial charge < -0.3 is 20.2 Å². The minimum absolute atomic E-state index is 0.0783. The normalized spacial score (nSPS) is 12.1. The summed E-state index contributed by atoms with van der Waals surface area (Å²) in [6.45, 7) is 4.94. The first-order chi connectivity index (χ1) is 18.5. The van der Waals surface area contributed by atoms with Crippen molar-refractivity contribution in [2.24, 2.45) is 5.11 Å². The lowest BCUT2D eigenvalue weighted by molar-refractivity contribution is -0.126. The van der Waals surface area contributed by atoms with Crippen molar-refractivity contribution >= 4 is 29.2 Å². The van der Waals surface area contributed by atoms with Gasteiger partial charge in [-0.2, -0.15) is 5.11 Å². The number of hydrogen-bond donors (Lipinski definition) is 3. The maximum atomic E-state index is 12.4. The number of benzene rings is 2. The summed E-state index contributed by atoms with van der Waals surface area (Å²) in [6.07, 6.45) is 6.71. The van der Waals surface area contributed by atoms with Crippen LogP contribution in [0.1, 0.15) is 29.5 Å². The van der Waals surface area contributed by atoms with Crippen molar-refractivity contribution in [3.63, 3.8) is 0 Å². The van der Waals surface area contributed by atoms with E-state index in [2.05, 4.69) is 27.3 Å². The van der Waals surface area contributed by atoms with E-state index in [-0.39, 0.29) is 18.9 Å². The van der Waals surface area contributed by atoms with Gasteiger partial charge in [0.1, 0.15) is 24.3 Å². The van der Waals surface area contributed by atoms with Crippen LogP contribution in [0.5, 0.6) is 5.75 Å². The maximum absolute atomic E-state index is 12.4. The Balaban J connectivity index is 1.72. The number of para-hydroxylation sites is 1. The predicted octanol–water partition coefficient (Wildman–Crippen LogP) is 4.44. The number of amides is 1. The number of rotatable bonds is 15. The minimum Gasteiger partial charge on any atom is -0.487 e. The number of nitrogens with one attached hydrogen (secondary N) is 3. The fraction of sp³-hybridized carbons (Fsp3) is 0.276. The topological polar surface area (TPSA) is 120 Å². The van der Waals surface area contributed by atoms with Crippen LogP contribution in [0.4, 0.5) is 0 Å². The van der Waals surface area contributed by atoms with Crippen molar-refractivity contribution in [3.8, 4) is 5.75 Å². The molecule has 0 radical (unpaired) electrons. The van der Waals surface area contributed by atoms with Crippen molar-refractivity contribution in [2.45, 2.75) is 32.0 Å². The molecule has 3 rings (SSSR count). The molecule has 3 aromatic rings. The fourth-order valence-corrected chi connectivity index (χ4v) is 4.23. The van der Waals surface area contributed by atoms with Crippen LogP contribution in [0.2, 0.25) is 0 Å². The van der Waals surface area contributed by atoms with Crippen LogP contribution in [0.25, 0.3) is 17.0 Å². The molecule has 0 aliphatic heterocycles. The molecule has 1 atom stereocenters. The third-order valence-corrected chi connectivity index (χ3v) is 6.26. The minimum atomic E-state index is -0.469. The number of carbonyl (C=O) groups excluding carboxylic acids is 2. The second-order valence-corrected chi connectivity index (χ2v) is 8.72. The lowest BCUT2D eigenvalue weighted by Crippen LogP contribution is -2.43. The number of hydrogen-bond acceptors (Lipinski definition) is 8. The van der Waals surface area contributed by atoms with E-state index in [1.165, 1.54) is 0 Å². The summed E-state index contributed by atoms with van der Waals surface area (Å²) in [7, 11) is 3.42. The Kier molecular flexibility index (Phi) is 10.7. The smallest absolute Gasteiger partial charge is 0.237 e. The Labute approximate surface area is 223 Å². The SMILES string of the molecule is C=Cc1cccc(OC/C(=C/NCc2ccnc3ccccc23)N=N)c1CN(C)C(CCC=O)C(=O)NC. The van der Waals surface area contributed by atoms with E-state index in [4.69, 9.17) is 10.3 Å². The largest absolute Gasteiger partial charge is 0.487 e. The number of pyridine rings is 1. The zero-order valence-corrected chi connectivity index (χ0v) is 21.8. The van der Waals surface area contributed by atoms with Crippen molar-refractivity contribution in [1.29, 1.82) is 5.53 Å². The number of aromatic nitrogens is 1. The molecule has 0 saturated carbocycles. The summed E-state index contributed by atoms with van der Waals surface area (Å²) in [5, 5.41) is 10.6. The molecule has 198 valence electrons. The highest BCUT2D eigenvalue weighted by molar-refractivity contribution is 5.82. The molecule has 0 aliphatic rings. The second kappa shape index (κ2) is 14.4. The van der Waals surface area contributed by atoms with Crippen LogP contribution in [-0.2, 0) is 22.7 Å². The van der Waals surface area contributed by atoms with Gasteiger partial charge in [-0.05, 0) is 42.8 Å². The number of ether oxygens (including phenoxy) is 1. The zero-order chi connectivity index (χ0) is 27.3.